The van der Waals surface area contributed by atoms with E-state index in [4.69, 9.17) is 14.2 Å². The molecular weight excluding hydrogens is 434 g/mol. The van der Waals surface area contributed by atoms with Crippen LogP contribution in [0.15, 0.2) is 66.8 Å². The molecule has 1 fully saturated rings. The molecule has 1 aliphatic rings. The van der Waals surface area contributed by atoms with Gasteiger partial charge < -0.3 is 24.2 Å². The molecule has 1 atom stereocenters. The van der Waals surface area contributed by atoms with E-state index >= 15 is 0 Å². The fraction of sp³-hybridized carbons (Fsp3) is 0.333. The topological polar surface area (TPSA) is 85.3 Å². The number of methoxy groups -OCH3 is 1. The van der Waals surface area contributed by atoms with E-state index in [9.17, 15) is 14.7 Å². The van der Waals surface area contributed by atoms with Crippen LogP contribution in [0.4, 0.5) is 0 Å². The second-order valence-electron chi connectivity index (χ2n) is 7.88. The van der Waals surface area contributed by atoms with Crippen molar-refractivity contribution in [2.24, 2.45) is 0 Å². The van der Waals surface area contributed by atoms with Crippen LogP contribution in [0.5, 0.6) is 11.5 Å². The maximum absolute atomic E-state index is 13.1. The number of carbonyl (C=O) groups excluding carboxylic acids is 2. The first-order valence-corrected chi connectivity index (χ1v) is 11.4. The Morgan fingerprint density at radius 1 is 1.03 bits per heavy atom. The van der Waals surface area contributed by atoms with Crippen molar-refractivity contribution in [2.45, 2.75) is 25.8 Å². The van der Waals surface area contributed by atoms with Gasteiger partial charge in [0.2, 0.25) is 0 Å². The standard InChI is InChI=1S/C27H31NO6/c1-4-16-33-21-11-7-19(8-12-21)24-23(26(30)27(31)28(24)15-6-18-32-3)25(29)20-9-13-22(14-10-20)34-17-5-2/h5,7-14,24,29H,2,4,6,15-18H2,1,3H3/b25-23-. The van der Waals surface area contributed by atoms with Gasteiger partial charge in [-0.2, -0.15) is 0 Å². The minimum absolute atomic E-state index is 0.0596. The SMILES string of the molecule is C=CCOc1ccc(/C(O)=C2/C(=O)C(=O)N(CCCOC)C2c2ccc(OCCC)cc2)cc1. The summed E-state index contributed by atoms with van der Waals surface area (Å²) in [5, 5.41) is 11.1. The lowest BCUT2D eigenvalue weighted by Gasteiger charge is -2.25. The maximum atomic E-state index is 13.1. The number of ketones is 1. The highest BCUT2D eigenvalue weighted by atomic mass is 16.5. The molecule has 180 valence electrons. The predicted octanol–water partition coefficient (Wildman–Crippen LogP) is 4.50. The Labute approximate surface area is 200 Å². The number of rotatable bonds is 12. The van der Waals surface area contributed by atoms with Crippen molar-refractivity contribution < 1.29 is 28.9 Å². The molecule has 0 aromatic heterocycles. The van der Waals surface area contributed by atoms with E-state index in [1.54, 1.807) is 37.5 Å². The number of benzene rings is 2. The quantitative estimate of drug-likeness (QED) is 0.163. The van der Waals surface area contributed by atoms with Gasteiger partial charge in [-0.25, -0.2) is 0 Å². The third kappa shape index (κ3) is 5.66. The molecule has 2 aromatic rings. The van der Waals surface area contributed by atoms with Gasteiger partial charge in [0.05, 0.1) is 18.2 Å². The van der Waals surface area contributed by atoms with E-state index in [0.717, 1.165) is 6.42 Å². The lowest BCUT2D eigenvalue weighted by molar-refractivity contribution is -0.140. The molecule has 2 aromatic carbocycles. The number of aliphatic hydroxyl groups excluding tert-OH is 1. The molecule has 0 radical (unpaired) electrons. The molecule has 1 unspecified atom stereocenters. The third-order valence-corrected chi connectivity index (χ3v) is 5.45. The Morgan fingerprint density at radius 2 is 1.68 bits per heavy atom. The number of hydrogen-bond acceptors (Lipinski definition) is 6. The smallest absolute Gasteiger partial charge is 0.295 e. The number of ether oxygens (including phenoxy) is 3. The van der Waals surface area contributed by atoms with Gasteiger partial charge >= 0.3 is 0 Å². The van der Waals surface area contributed by atoms with Gasteiger partial charge in [-0.1, -0.05) is 31.7 Å². The summed E-state index contributed by atoms with van der Waals surface area (Å²) in [6.45, 7) is 7.37. The monoisotopic (exact) mass is 465 g/mol. The van der Waals surface area contributed by atoms with Crippen molar-refractivity contribution in [1.29, 1.82) is 0 Å². The molecule has 1 N–H and O–H groups in total. The Hall–Kier alpha value is -3.58. The van der Waals surface area contributed by atoms with E-state index in [1.165, 1.54) is 4.90 Å². The first-order valence-electron chi connectivity index (χ1n) is 11.4. The largest absolute Gasteiger partial charge is 0.507 e. The van der Waals surface area contributed by atoms with E-state index < -0.39 is 17.7 Å². The zero-order chi connectivity index (χ0) is 24.5. The van der Waals surface area contributed by atoms with Gasteiger partial charge in [0.1, 0.15) is 23.9 Å². The molecule has 0 saturated carbocycles. The summed E-state index contributed by atoms with van der Waals surface area (Å²) < 4.78 is 16.3. The first-order chi connectivity index (χ1) is 16.5. The fourth-order valence-corrected chi connectivity index (χ4v) is 3.82. The Bertz CT molecular complexity index is 1030. The Kier molecular flexibility index (Phi) is 8.87. The molecule has 1 saturated heterocycles. The second kappa shape index (κ2) is 12.0. The highest BCUT2D eigenvalue weighted by Crippen LogP contribution is 2.40. The van der Waals surface area contributed by atoms with Crippen LogP contribution in [0.3, 0.4) is 0 Å². The van der Waals surface area contributed by atoms with Gasteiger partial charge in [-0.15, -0.1) is 0 Å². The van der Waals surface area contributed by atoms with Crippen LogP contribution in [0.25, 0.3) is 5.76 Å². The van der Waals surface area contributed by atoms with Crippen molar-refractivity contribution in [2.75, 3.05) is 33.5 Å². The Morgan fingerprint density at radius 3 is 2.29 bits per heavy atom. The molecule has 0 bridgehead atoms. The number of carbonyl (C=O) groups is 2. The van der Waals surface area contributed by atoms with Crippen LogP contribution in [0, 0.1) is 0 Å². The molecule has 1 heterocycles. The van der Waals surface area contributed by atoms with Crippen molar-refractivity contribution in [3.05, 3.63) is 77.9 Å². The fourth-order valence-electron chi connectivity index (χ4n) is 3.82. The highest BCUT2D eigenvalue weighted by molar-refractivity contribution is 6.46. The minimum Gasteiger partial charge on any atom is -0.507 e. The number of amides is 1. The van der Waals surface area contributed by atoms with Crippen molar-refractivity contribution >= 4 is 17.4 Å². The normalized spacial score (nSPS) is 17.1. The lowest BCUT2D eigenvalue weighted by atomic mass is 9.95. The van der Waals surface area contributed by atoms with E-state index in [0.29, 0.717) is 55.4 Å². The number of likely N-dealkylation sites (tertiary alicyclic amines) is 1. The summed E-state index contributed by atoms with van der Waals surface area (Å²) in [7, 11) is 1.59. The molecular formula is C27H31NO6. The maximum Gasteiger partial charge on any atom is 0.295 e. The van der Waals surface area contributed by atoms with Crippen LogP contribution in [-0.4, -0.2) is 55.2 Å². The Balaban J connectivity index is 2.00. The molecule has 1 aliphatic heterocycles. The zero-order valence-corrected chi connectivity index (χ0v) is 19.7. The van der Waals surface area contributed by atoms with Gasteiger partial charge in [-0.3, -0.25) is 9.59 Å². The van der Waals surface area contributed by atoms with Crippen LogP contribution >= 0.6 is 0 Å². The number of aliphatic hydroxyl groups is 1. The van der Waals surface area contributed by atoms with Gasteiger partial charge in [0.25, 0.3) is 11.7 Å². The third-order valence-electron chi connectivity index (χ3n) is 5.45. The first kappa shape index (κ1) is 25.1. The zero-order valence-electron chi connectivity index (χ0n) is 19.7. The molecule has 7 heteroatoms. The van der Waals surface area contributed by atoms with Gasteiger partial charge in [0, 0.05) is 25.8 Å². The van der Waals surface area contributed by atoms with E-state index in [-0.39, 0.29) is 11.3 Å². The van der Waals surface area contributed by atoms with Crippen molar-refractivity contribution in [3.8, 4) is 11.5 Å². The average Bonchev–Trinajstić information content (AvgIpc) is 3.11. The van der Waals surface area contributed by atoms with E-state index in [2.05, 4.69) is 6.58 Å². The summed E-state index contributed by atoms with van der Waals surface area (Å²) in [6.07, 6.45) is 3.09. The number of Topliss-reactive ketones (excluding diaryl/α,β-unsaturated/α-hetero) is 1. The number of hydrogen-bond donors (Lipinski definition) is 1. The molecule has 3 rings (SSSR count). The lowest BCUT2D eigenvalue weighted by Crippen LogP contribution is -2.31. The van der Waals surface area contributed by atoms with Crippen LogP contribution < -0.4 is 9.47 Å². The molecule has 34 heavy (non-hydrogen) atoms. The predicted molar refractivity (Wildman–Crippen MR) is 130 cm³/mol. The van der Waals surface area contributed by atoms with Crippen LogP contribution in [0.1, 0.15) is 36.9 Å². The molecule has 0 aliphatic carbocycles. The van der Waals surface area contributed by atoms with Gasteiger partial charge in [0.15, 0.2) is 0 Å². The summed E-state index contributed by atoms with van der Waals surface area (Å²) in [6, 6.07) is 13.3. The van der Waals surface area contributed by atoms with Crippen molar-refractivity contribution in [3.63, 3.8) is 0 Å². The second-order valence-corrected chi connectivity index (χ2v) is 7.88. The summed E-state index contributed by atoms with van der Waals surface area (Å²) in [5.41, 5.74) is 1.20. The average molecular weight is 466 g/mol. The summed E-state index contributed by atoms with van der Waals surface area (Å²) in [5.74, 6) is -0.259. The highest BCUT2D eigenvalue weighted by Gasteiger charge is 2.45. The van der Waals surface area contributed by atoms with Gasteiger partial charge in [-0.05, 0) is 54.8 Å². The molecule has 0 spiro atoms. The van der Waals surface area contributed by atoms with Crippen LogP contribution in [0.2, 0.25) is 0 Å². The minimum atomic E-state index is -0.714. The van der Waals surface area contributed by atoms with Crippen molar-refractivity contribution in [1.82, 2.24) is 4.90 Å². The molecule has 1 amide bonds. The van der Waals surface area contributed by atoms with Crippen LogP contribution in [-0.2, 0) is 14.3 Å². The number of nitrogens with zero attached hydrogens (tertiary/aromatic N) is 1. The molecule has 7 nitrogen and oxygen atoms in total. The van der Waals surface area contributed by atoms with E-state index in [1.807, 2.05) is 31.2 Å². The summed E-state index contributed by atoms with van der Waals surface area (Å²) >= 11 is 0. The summed E-state index contributed by atoms with van der Waals surface area (Å²) in [4.78, 5) is 27.5.